The van der Waals surface area contributed by atoms with Gasteiger partial charge < -0.3 is 19.9 Å². The molecule has 0 aliphatic heterocycles. The van der Waals surface area contributed by atoms with Gasteiger partial charge >= 0.3 is 18.0 Å². The zero-order valence-electron chi connectivity index (χ0n) is 9.89. The van der Waals surface area contributed by atoms with E-state index in [1.54, 1.807) is 13.8 Å². The average Bonchev–Trinajstić information content (AvgIpc) is 2.24. The molecule has 0 aromatic carbocycles. The Bertz CT molecular complexity index is 260. The molecule has 0 aromatic heterocycles. The van der Waals surface area contributed by atoms with Crippen LogP contribution in [0, 0.1) is 5.92 Å². The van der Waals surface area contributed by atoms with Crippen molar-refractivity contribution >= 4 is 18.0 Å². The Morgan fingerprint density at radius 3 is 1.94 bits per heavy atom. The highest BCUT2D eigenvalue weighted by Gasteiger charge is 2.29. The molecular formula is C10H17NO6. The fourth-order valence-electron chi connectivity index (χ4n) is 1.14. The van der Waals surface area contributed by atoms with E-state index in [-0.39, 0.29) is 26.2 Å². The van der Waals surface area contributed by atoms with Crippen LogP contribution in [0.1, 0.15) is 20.3 Å². The summed E-state index contributed by atoms with van der Waals surface area (Å²) in [6.07, 6.45) is -1.19. The van der Waals surface area contributed by atoms with Gasteiger partial charge in [-0.2, -0.15) is 0 Å². The lowest BCUT2D eigenvalue weighted by atomic mass is 10.1. The second kappa shape index (κ2) is 8.37. The van der Waals surface area contributed by atoms with Crippen LogP contribution in [-0.4, -0.2) is 42.9 Å². The van der Waals surface area contributed by atoms with E-state index >= 15 is 0 Å². The van der Waals surface area contributed by atoms with Gasteiger partial charge in [0, 0.05) is 6.54 Å². The van der Waals surface area contributed by atoms with Crippen LogP contribution in [0.4, 0.5) is 4.79 Å². The first-order chi connectivity index (χ1) is 8.02. The van der Waals surface area contributed by atoms with Crippen molar-refractivity contribution in [3.63, 3.8) is 0 Å². The number of carbonyl (C=O) groups is 3. The quantitative estimate of drug-likeness (QED) is 0.498. The molecule has 0 fully saturated rings. The van der Waals surface area contributed by atoms with Gasteiger partial charge in [0.2, 0.25) is 0 Å². The van der Waals surface area contributed by atoms with Crippen LogP contribution in [0.15, 0.2) is 0 Å². The van der Waals surface area contributed by atoms with Crippen molar-refractivity contribution in [2.45, 2.75) is 20.3 Å². The second-order valence-electron chi connectivity index (χ2n) is 3.08. The molecule has 0 aromatic rings. The molecule has 2 N–H and O–H groups in total. The Hall–Kier alpha value is -1.79. The van der Waals surface area contributed by atoms with E-state index < -0.39 is 23.9 Å². The third kappa shape index (κ3) is 6.39. The summed E-state index contributed by atoms with van der Waals surface area (Å²) in [5.74, 6) is -2.47. The van der Waals surface area contributed by atoms with Crippen molar-refractivity contribution in [3.05, 3.63) is 0 Å². The Balaban J connectivity index is 4.34. The van der Waals surface area contributed by atoms with Gasteiger partial charge in [-0.25, -0.2) is 4.79 Å². The number of esters is 2. The van der Waals surface area contributed by atoms with E-state index in [2.05, 4.69) is 5.32 Å². The smallest absolute Gasteiger partial charge is 0.404 e. The van der Waals surface area contributed by atoms with Gasteiger partial charge in [0.15, 0.2) is 5.92 Å². The molecular weight excluding hydrogens is 230 g/mol. The van der Waals surface area contributed by atoms with Crippen LogP contribution in [0.5, 0.6) is 0 Å². The summed E-state index contributed by atoms with van der Waals surface area (Å²) in [5.41, 5.74) is 0. The topological polar surface area (TPSA) is 102 Å². The third-order valence-electron chi connectivity index (χ3n) is 1.85. The molecule has 0 saturated heterocycles. The van der Waals surface area contributed by atoms with Gasteiger partial charge in [-0.1, -0.05) is 0 Å². The summed E-state index contributed by atoms with van der Waals surface area (Å²) in [4.78, 5) is 33.1. The minimum Gasteiger partial charge on any atom is -0.465 e. The zero-order valence-corrected chi connectivity index (χ0v) is 9.89. The Morgan fingerprint density at radius 2 is 1.59 bits per heavy atom. The first-order valence-electron chi connectivity index (χ1n) is 5.32. The number of carboxylic acid groups (broad SMARTS) is 1. The number of hydrogen-bond acceptors (Lipinski definition) is 5. The molecule has 17 heavy (non-hydrogen) atoms. The van der Waals surface area contributed by atoms with Crippen LogP contribution in [0.25, 0.3) is 0 Å². The predicted molar refractivity (Wildman–Crippen MR) is 57.4 cm³/mol. The molecule has 0 heterocycles. The highest BCUT2D eigenvalue weighted by molar-refractivity contribution is 5.94. The van der Waals surface area contributed by atoms with Gasteiger partial charge in [0.1, 0.15) is 0 Å². The van der Waals surface area contributed by atoms with Crippen molar-refractivity contribution < 1.29 is 29.0 Å². The van der Waals surface area contributed by atoms with E-state index in [1.807, 2.05) is 0 Å². The highest BCUT2D eigenvalue weighted by atomic mass is 16.6. The highest BCUT2D eigenvalue weighted by Crippen LogP contribution is 2.08. The van der Waals surface area contributed by atoms with Crippen molar-refractivity contribution in [2.24, 2.45) is 5.92 Å². The Labute approximate surface area is 99.1 Å². The molecule has 0 aliphatic carbocycles. The number of rotatable bonds is 7. The van der Waals surface area contributed by atoms with Crippen molar-refractivity contribution in [3.8, 4) is 0 Å². The fraction of sp³-hybridized carbons (Fsp3) is 0.700. The fourth-order valence-corrected chi connectivity index (χ4v) is 1.14. The van der Waals surface area contributed by atoms with Crippen LogP contribution in [0.3, 0.4) is 0 Å². The minimum absolute atomic E-state index is 0.0162. The second-order valence-corrected chi connectivity index (χ2v) is 3.08. The molecule has 0 unspecified atom stereocenters. The van der Waals surface area contributed by atoms with Crippen molar-refractivity contribution in [1.29, 1.82) is 0 Å². The molecule has 0 bridgehead atoms. The lowest BCUT2D eigenvalue weighted by Gasteiger charge is -2.13. The lowest BCUT2D eigenvalue weighted by molar-refractivity contribution is -0.161. The third-order valence-corrected chi connectivity index (χ3v) is 1.85. The maximum Gasteiger partial charge on any atom is 0.404 e. The SMILES string of the molecule is CCOC(=O)C(CCNC(=O)O)C(=O)OCC. The maximum atomic E-state index is 11.4. The van der Waals surface area contributed by atoms with Gasteiger partial charge in [-0.3, -0.25) is 9.59 Å². The van der Waals surface area contributed by atoms with Gasteiger partial charge in [-0.15, -0.1) is 0 Å². The summed E-state index contributed by atoms with van der Waals surface area (Å²) in [6.45, 7) is 3.53. The van der Waals surface area contributed by atoms with E-state index in [0.29, 0.717) is 0 Å². The number of amides is 1. The average molecular weight is 247 g/mol. The maximum absolute atomic E-state index is 11.4. The van der Waals surface area contributed by atoms with E-state index in [0.717, 1.165) is 0 Å². The largest absolute Gasteiger partial charge is 0.465 e. The van der Waals surface area contributed by atoms with Crippen molar-refractivity contribution in [2.75, 3.05) is 19.8 Å². The van der Waals surface area contributed by atoms with E-state index in [4.69, 9.17) is 14.6 Å². The summed E-state index contributed by atoms with van der Waals surface area (Å²) in [5, 5.41) is 10.4. The molecule has 7 heteroatoms. The lowest BCUT2D eigenvalue weighted by Crippen LogP contribution is -2.32. The van der Waals surface area contributed by atoms with Crippen LogP contribution in [0.2, 0.25) is 0 Å². The molecule has 0 rings (SSSR count). The summed E-state index contributed by atoms with van der Waals surface area (Å²) >= 11 is 0. The number of carbonyl (C=O) groups excluding carboxylic acids is 2. The molecule has 0 aliphatic rings. The summed E-state index contributed by atoms with van der Waals surface area (Å²) in [6, 6.07) is 0. The Kier molecular flexibility index (Phi) is 7.49. The Morgan fingerprint density at radius 1 is 1.12 bits per heavy atom. The predicted octanol–water partition coefficient (Wildman–Crippen LogP) is 0.387. The standard InChI is InChI=1S/C10H17NO6/c1-3-16-8(12)7(9(13)17-4-2)5-6-11-10(14)15/h7,11H,3-6H2,1-2H3,(H,14,15). The molecule has 0 radical (unpaired) electrons. The van der Waals surface area contributed by atoms with Gasteiger partial charge in [0.05, 0.1) is 13.2 Å². The zero-order chi connectivity index (χ0) is 13.3. The van der Waals surface area contributed by atoms with Gasteiger partial charge in [-0.05, 0) is 20.3 Å². The molecule has 0 spiro atoms. The molecule has 0 atom stereocenters. The number of nitrogens with one attached hydrogen (secondary N) is 1. The molecule has 7 nitrogen and oxygen atoms in total. The molecule has 98 valence electrons. The van der Waals surface area contributed by atoms with Crippen LogP contribution >= 0.6 is 0 Å². The van der Waals surface area contributed by atoms with E-state index in [9.17, 15) is 14.4 Å². The first-order valence-corrected chi connectivity index (χ1v) is 5.32. The van der Waals surface area contributed by atoms with Crippen molar-refractivity contribution in [1.82, 2.24) is 5.32 Å². The van der Waals surface area contributed by atoms with Gasteiger partial charge in [0.25, 0.3) is 0 Å². The van der Waals surface area contributed by atoms with E-state index in [1.165, 1.54) is 0 Å². The van der Waals surface area contributed by atoms with Crippen LogP contribution in [-0.2, 0) is 19.1 Å². The summed E-state index contributed by atoms with van der Waals surface area (Å²) in [7, 11) is 0. The van der Waals surface area contributed by atoms with Crippen LogP contribution < -0.4 is 5.32 Å². The first kappa shape index (κ1) is 15.2. The molecule has 0 saturated carbocycles. The summed E-state index contributed by atoms with van der Waals surface area (Å²) < 4.78 is 9.43. The molecule has 1 amide bonds. The number of hydrogen-bond donors (Lipinski definition) is 2. The normalized spacial score (nSPS) is 9.82. The monoisotopic (exact) mass is 247 g/mol. The minimum atomic E-state index is -1.21. The number of ether oxygens (including phenoxy) is 2.